The largest absolute Gasteiger partial charge is 0.304 e. The summed E-state index contributed by atoms with van der Waals surface area (Å²) in [5.41, 5.74) is 6.02. The van der Waals surface area contributed by atoms with E-state index in [0.29, 0.717) is 5.92 Å². The number of benzene rings is 2. The predicted molar refractivity (Wildman–Crippen MR) is 106 cm³/mol. The lowest BCUT2D eigenvalue weighted by Gasteiger charge is -2.34. The average molecular weight is 334 g/mol. The Labute approximate surface area is 152 Å². The van der Waals surface area contributed by atoms with E-state index in [1.165, 1.54) is 55.2 Å². The molecule has 0 heterocycles. The van der Waals surface area contributed by atoms with Gasteiger partial charge in [0.25, 0.3) is 0 Å². The summed E-state index contributed by atoms with van der Waals surface area (Å²) < 4.78 is 0. The van der Waals surface area contributed by atoms with Crippen molar-refractivity contribution in [2.75, 3.05) is 6.54 Å². The minimum atomic E-state index is -0.0727. The third-order valence-corrected chi connectivity index (χ3v) is 6.31. The molecule has 0 saturated heterocycles. The van der Waals surface area contributed by atoms with Crippen LogP contribution in [-0.2, 0) is 12.0 Å². The standard InChI is InChI=1S/C24H31N/c1-3-4-9-19-16-20-10-5-7-12-22(20)24(2,25-17-18-14-15-18)23-13-8-6-11-21(19)23/h5-8,10-13,18-19,25H,3-4,9,14-17H2,1-2H3/t19-,24+/m1/s1. The molecule has 0 aromatic heterocycles. The topological polar surface area (TPSA) is 12.0 Å². The molecule has 0 aliphatic heterocycles. The molecule has 1 heteroatoms. The third-order valence-electron chi connectivity index (χ3n) is 6.31. The fraction of sp³-hybridized carbons (Fsp3) is 0.500. The van der Waals surface area contributed by atoms with Crippen LogP contribution in [0.15, 0.2) is 48.5 Å². The average Bonchev–Trinajstić information content (AvgIpc) is 3.48. The highest BCUT2D eigenvalue weighted by Crippen LogP contribution is 2.43. The van der Waals surface area contributed by atoms with Gasteiger partial charge in [-0.2, -0.15) is 0 Å². The first-order chi connectivity index (χ1) is 12.2. The molecule has 0 bridgehead atoms. The molecular formula is C24H31N. The lowest BCUT2D eigenvalue weighted by Crippen LogP contribution is -2.42. The van der Waals surface area contributed by atoms with Crippen molar-refractivity contribution < 1.29 is 0 Å². The Morgan fingerprint density at radius 3 is 2.48 bits per heavy atom. The van der Waals surface area contributed by atoms with Gasteiger partial charge in [-0.15, -0.1) is 0 Å². The molecule has 2 aliphatic carbocycles. The molecule has 1 N–H and O–H groups in total. The molecule has 0 unspecified atom stereocenters. The highest BCUT2D eigenvalue weighted by Gasteiger charge is 2.38. The summed E-state index contributed by atoms with van der Waals surface area (Å²) in [7, 11) is 0. The third kappa shape index (κ3) is 3.27. The molecule has 2 atom stereocenters. The van der Waals surface area contributed by atoms with E-state index in [4.69, 9.17) is 0 Å². The van der Waals surface area contributed by atoms with E-state index in [9.17, 15) is 0 Å². The van der Waals surface area contributed by atoms with E-state index in [1.54, 1.807) is 5.56 Å². The Kier molecular flexibility index (Phi) is 4.69. The Hall–Kier alpha value is -1.60. The van der Waals surface area contributed by atoms with Crippen LogP contribution in [0.5, 0.6) is 0 Å². The molecule has 2 aromatic carbocycles. The van der Waals surface area contributed by atoms with Crippen LogP contribution in [0, 0.1) is 5.92 Å². The van der Waals surface area contributed by atoms with E-state index < -0.39 is 0 Å². The highest BCUT2D eigenvalue weighted by molar-refractivity contribution is 5.50. The van der Waals surface area contributed by atoms with Crippen molar-refractivity contribution in [1.82, 2.24) is 5.32 Å². The van der Waals surface area contributed by atoms with Gasteiger partial charge in [0.2, 0.25) is 0 Å². The van der Waals surface area contributed by atoms with Gasteiger partial charge in [-0.05, 0) is 73.2 Å². The van der Waals surface area contributed by atoms with Crippen molar-refractivity contribution in [3.63, 3.8) is 0 Å². The van der Waals surface area contributed by atoms with Crippen molar-refractivity contribution in [3.05, 3.63) is 70.8 Å². The van der Waals surface area contributed by atoms with Crippen LogP contribution in [0.1, 0.15) is 74.1 Å². The number of hydrogen-bond donors (Lipinski definition) is 1. The summed E-state index contributed by atoms with van der Waals surface area (Å²) in [5.74, 6) is 1.53. The van der Waals surface area contributed by atoms with Crippen LogP contribution >= 0.6 is 0 Å². The summed E-state index contributed by atoms with van der Waals surface area (Å²) in [6.45, 7) is 5.85. The van der Waals surface area contributed by atoms with Gasteiger partial charge in [-0.25, -0.2) is 0 Å². The molecule has 1 fully saturated rings. The van der Waals surface area contributed by atoms with Gasteiger partial charge in [0.15, 0.2) is 0 Å². The lowest BCUT2D eigenvalue weighted by atomic mass is 9.80. The van der Waals surface area contributed by atoms with Gasteiger partial charge in [-0.1, -0.05) is 68.3 Å². The molecule has 1 nitrogen and oxygen atoms in total. The number of nitrogens with one attached hydrogen (secondary N) is 1. The molecule has 1 saturated carbocycles. The van der Waals surface area contributed by atoms with Crippen LogP contribution in [0.3, 0.4) is 0 Å². The molecule has 25 heavy (non-hydrogen) atoms. The summed E-state index contributed by atoms with van der Waals surface area (Å²) in [6, 6.07) is 18.4. The van der Waals surface area contributed by atoms with E-state index in [1.807, 2.05) is 0 Å². The fourth-order valence-corrected chi connectivity index (χ4v) is 4.58. The van der Waals surface area contributed by atoms with Crippen molar-refractivity contribution in [2.24, 2.45) is 5.92 Å². The van der Waals surface area contributed by atoms with Crippen molar-refractivity contribution in [2.45, 2.75) is 63.8 Å². The van der Waals surface area contributed by atoms with Gasteiger partial charge >= 0.3 is 0 Å². The zero-order valence-corrected chi connectivity index (χ0v) is 15.7. The smallest absolute Gasteiger partial charge is 0.0667 e. The monoisotopic (exact) mass is 333 g/mol. The molecule has 0 radical (unpaired) electrons. The molecule has 0 spiro atoms. The Bertz CT molecular complexity index is 730. The van der Waals surface area contributed by atoms with E-state index in [0.717, 1.165) is 12.5 Å². The molecule has 0 amide bonds. The molecule has 132 valence electrons. The van der Waals surface area contributed by atoms with Crippen molar-refractivity contribution in [1.29, 1.82) is 0 Å². The summed E-state index contributed by atoms with van der Waals surface area (Å²) in [6.07, 6.45) is 7.84. The number of rotatable bonds is 6. The van der Waals surface area contributed by atoms with Crippen molar-refractivity contribution >= 4 is 0 Å². The summed E-state index contributed by atoms with van der Waals surface area (Å²) >= 11 is 0. The first-order valence-corrected chi connectivity index (χ1v) is 10.1. The molecule has 2 aliphatic rings. The van der Waals surface area contributed by atoms with Gasteiger partial charge in [-0.3, -0.25) is 0 Å². The fourth-order valence-electron chi connectivity index (χ4n) is 4.58. The number of hydrogen-bond acceptors (Lipinski definition) is 1. The van der Waals surface area contributed by atoms with Crippen LogP contribution in [0.4, 0.5) is 0 Å². The van der Waals surface area contributed by atoms with Crippen LogP contribution < -0.4 is 5.32 Å². The van der Waals surface area contributed by atoms with E-state index in [2.05, 4.69) is 67.7 Å². The quantitative estimate of drug-likeness (QED) is 0.706. The maximum Gasteiger partial charge on any atom is 0.0667 e. The second-order valence-corrected chi connectivity index (χ2v) is 8.24. The predicted octanol–water partition coefficient (Wildman–Crippen LogP) is 5.78. The van der Waals surface area contributed by atoms with E-state index >= 15 is 0 Å². The van der Waals surface area contributed by atoms with E-state index in [-0.39, 0.29) is 5.54 Å². The van der Waals surface area contributed by atoms with Gasteiger partial charge < -0.3 is 5.32 Å². The second kappa shape index (κ2) is 6.96. The first-order valence-electron chi connectivity index (χ1n) is 10.1. The van der Waals surface area contributed by atoms with Crippen molar-refractivity contribution in [3.8, 4) is 0 Å². The Morgan fingerprint density at radius 2 is 1.72 bits per heavy atom. The normalized spacial score (nSPS) is 25.1. The minimum Gasteiger partial charge on any atom is -0.304 e. The van der Waals surface area contributed by atoms with Crippen LogP contribution in [0.2, 0.25) is 0 Å². The van der Waals surface area contributed by atoms with Gasteiger partial charge in [0.1, 0.15) is 0 Å². The zero-order valence-electron chi connectivity index (χ0n) is 15.7. The number of unbranched alkanes of at least 4 members (excludes halogenated alkanes) is 1. The minimum absolute atomic E-state index is 0.0727. The maximum absolute atomic E-state index is 3.99. The van der Waals surface area contributed by atoms with Gasteiger partial charge in [0.05, 0.1) is 5.54 Å². The second-order valence-electron chi connectivity index (χ2n) is 8.24. The first kappa shape index (κ1) is 16.8. The molecule has 4 rings (SSSR count). The van der Waals surface area contributed by atoms with Crippen LogP contribution in [-0.4, -0.2) is 6.54 Å². The van der Waals surface area contributed by atoms with Gasteiger partial charge in [0, 0.05) is 0 Å². The summed E-state index contributed by atoms with van der Waals surface area (Å²) in [4.78, 5) is 0. The molecule has 2 aromatic rings. The Morgan fingerprint density at radius 1 is 1.00 bits per heavy atom. The van der Waals surface area contributed by atoms with Crippen LogP contribution in [0.25, 0.3) is 0 Å². The lowest BCUT2D eigenvalue weighted by molar-refractivity contribution is 0.424. The SMILES string of the molecule is CCCC[C@@H]1Cc2ccccc2[C@](C)(NCC2CC2)c2ccccc21. The molecular weight excluding hydrogens is 302 g/mol. The maximum atomic E-state index is 3.99. The summed E-state index contributed by atoms with van der Waals surface area (Å²) in [5, 5.41) is 3.99. The zero-order chi connectivity index (χ0) is 17.3. The Balaban J connectivity index is 1.81. The number of fused-ring (bicyclic) bond motifs is 2. The highest BCUT2D eigenvalue weighted by atomic mass is 15.0.